The number of hydrogen-bond donors (Lipinski definition) is 1. The Hall–Kier alpha value is -2.04. The number of ether oxygens (including phenoxy) is 1. The van der Waals surface area contributed by atoms with Crippen LogP contribution in [0.15, 0.2) is 30.3 Å². The second-order valence-corrected chi connectivity index (χ2v) is 3.82. The zero-order valence-corrected chi connectivity index (χ0v) is 10.5. The minimum Gasteiger partial charge on any atom is -0.481 e. The summed E-state index contributed by atoms with van der Waals surface area (Å²) in [6, 6.07) is 8.96. The van der Waals surface area contributed by atoms with Gasteiger partial charge in [-0.05, 0) is 26.0 Å². The molecular formula is C13H17NO4. The van der Waals surface area contributed by atoms with E-state index < -0.39 is 12.1 Å². The van der Waals surface area contributed by atoms with Crippen LogP contribution in [-0.4, -0.2) is 41.1 Å². The van der Waals surface area contributed by atoms with Crippen LogP contribution in [0.4, 0.5) is 0 Å². The van der Waals surface area contributed by atoms with Crippen LogP contribution >= 0.6 is 0 Å². The number of carboxylic acid groups (broad SMARTS) is 1. The van der Waals surface area contributed by atoms with E-state index in [9.17, 15) is 9.59 Å². The van der Waals surface area contributed by atoms with E-state index in [4.69, 9.17) is 9.84 Å². The summed E-state index contributed by atoms with van der Waals surface area (Å²) in [6.45, 7) is 3.38. The van der Waals surface area contributed by atoms with Gasteiger partial charge in [-0.1, -0.05) is 18.2 Å². The zero-order chi connectivity index (χ0) is 13.5. The maximum Gasteiger partial charge on any atom is 0.323 e. The average molecular weight is 251 g/mol. The first-order chi connectivity index (χ1) is 8.54. The van der Waals surface area contributed by atoms with Crippen LogP contribution in [0.1, 0.15) is 13.8 Å². The first kappa shape index (κ1) is 14.0. The van der Waals surface area contributed by atoms with Crippen molar-refractivity contribution in [2.45, 2.75) is 20.0 Å². The van der Waals surface area contributed by atoms with E-state index in [1.807, 2.05) is 6.07 Å². The summed E-state index contributed by atoms with van der Waals surface area (Å²) in [4.78, 5) is 23.8. The van der Waals surface area contributed by atoms with Gasteiger partial charge in [0.1, 0.15) is 12.3 Å². The Morgan fingerprint density at radius 1 is 1.33 bits per heavy atom. The van der Waals surface area contributed by atoms with Crippen molar-refractivity contribution in [3.05, 3.63) is 30.3 Å². The van der Waals surface area contributed by atoms with Crippen LogP contribution in [0.5, 0.6) is 5.75 Å². The predicted octanol–water partition coefficient (Wildman–Crippen LogP) is 1.39. The van der Waals surface area contributed by atoms with Crippen LogP contribution in [0.2, 0.25) is 0 Å². The number of nitrogens with zero attached hydrogens (tertiary/aromatic N) is 1. The van der Waals surface area contributed by atoms with Crippen molar-refractivity contribution >= 4 is 11.9 Å². The van der Waals surface area contributed by atoms with Crippen LogP contribution in [0.25, 0.3) is 0 Å². The molecule has 1 atom stereocenters. The molecule has 0 aliphatic carbocycles. The lowest BCUT2D eigenvalue weighted by atomic mass is 10.3. The molecular weight excluding hydrogens is 234 g/mol. The maximum atomic E-state index is 12.0. The third-order valence-corrected chi connectivity index (χ3v) is 2.42. The molecule has 0 spiro atoms. The van der Waals surface area contributed by atoms with Gasteiger partial charge >= 0.3 is 5.97 Å². The Balaban J connectivity index is 2.62. The van der Waals surface area contributed by atoms with E-state index in [-0.39, 0.29) is 12.5 Å². The van der Waals surface area contributed by atoms with Crippen LogP contribution < -0.4 is 4.74 Å². The molecule has 0 bridgehead atoms. The topological polar surface area (TPSA) is 66.8 Å². The Morgan fingerprint density at radius 2 is 1.94 bits per heavy atom. The molecule has 18 heavy (non-hydrogen) atoms. The van der Waals surface area contributed by atoms with Crippen molar-refractivity contribution in [3.8, 4) is 5.75 Å². The molecule has 1 amide bonds. The van der Waals surface area contributed by atoms with Crippen molar-refractivity contribution in [1.82, 2.24) is 4.90 Å². The number of hydrogen-bond acceptors (Lipinski definition) is 3. The van der Waals surface area contributed by atoms with Gasteiger partial charge in [-0.3, -0.25) is 9.59 Å². The van der Waals surface area contributed by atoms with Crippen LogP contribution in [0, 0.1) is 0 Å². The third kappa shape index (κ3) is 4.08. The molecule has 1 aromatic carbocycles. The molecule has 0 radical (unpaired) electrons. The van der Waals surface area contributed by atoms with Gasteiger partial charge in [0, 0.05) is 6.54 Å². The standard InChI is InChI=1S/C13H17NO4/c1-3-14(9-12(15)16)13(17)10(2)18-11-7-5-4-6-8-11/h4-8,10H,3,9H2,1-2H3,(H,15,16). The average Bonchev–Trinajstić information content (AvgIpc) is 2.36. The van der Waals surface area contributed by atoms with Gasteiger partial charge in [0.25, 0.3) is 5.91 Å². The summed E-state index contributed by atoms with van der Waals surface area (Å²) in [5.74, 6) is -0.773. The SMILES string of the molecule is CCN(CC(=O)O)C(=O)C(C)Oc1ccccc1. The number of carbonyl (C=O) groups is 2. The lowest BCUT2D eigenvalue weighted by Crippen LogP contribution is -2.43. The van der Waals surface area contributed by atoms with Gasteiger partial charge in [-0.2, -0.15) is 0 Å². The van der Waals surface area contributed by atoms with Crippen LogP contribution in [0.3, 0.4) is 0 Å². The molecule has 1 rings (SSSR count). The molecule has 0 saturated carbocycles. The van der Waals surface area contributed by atoms with Gasteiger partial charge in [-0.25, -0.2) is 0 Å². The molecule has 98 valence electrons. The summed E-state index contributed by atoms with van der Waals surface area (Å²) in [5, 5.41) is 8.70. The quantitative estimate of drug-likeness (QED) is 0.829. The highest BCUT2D eigenvalue weighted by Crippen LogP contribution is 2.12. The molecule has 0 saturated heterocycles. The summed E-state index contributed by atoms with van der Waals surface area (Å²) in [5.41, 5.74) is 0. The summed E-state index contributed by atoms with van der Waals surface area (Å²) < 4.78 is 5.46. The van der Waals surface area contributed by atoms with E-state index in [1.165, 1.54) is 4.90 Å². The molecule has 0 aliphatic rings. The highest BCUT2D eigenvalue weighted by Gasteiger charge is 2.22. The van der Waals surface area contributed by atoms with Crippen molar-refractivity contribution in [2.75, 3.05) is 13.1 Å². The van der Waals surface area contributed by atoms with E-state index in [0.717, 1.165) is 0 Å². The van der Waals surface area contributed by atoms with Crippen molar-refractivity contribution in [3.63, 3.8) is 0 Å². The fraction of sp³-hybridized carbons (Fsp3) is 0.385. The molecule has 0 aliphatic heterocycles. The number of para-hydroxylation sites is 1. The smallest absolute Gasteiger partial charge is 0.323 e. The van der Waals surface area contributed by atoms with Gasteiger partial charge in [0.05, 0.1) is 0 Å². The number of rotatable bonds is 6. The summed E-state index contributed by atoms with van der Waals surface area (Å²) >= 11 is 0. The van der Waals surface area contributed by atoms with Crippen molar-refractivity contribution in [2.24, 2.45) is 0 Å². The minimum absolute atomic E-state index is 0.308. The monoisotopic (exact) mass is 251 g/mol. The predicted molar refractivity (Wildman–Crippen MR) is 66.4 cm³/mol. The molecule has 0 aromatic heterocycles. The van der Waals surface area contributed by atoms with E-state index >= 15 is 0 Å². The third-order valence-electron chi connectivity index (χ3n) is 2.42. The maximum absolute atomic E-state index is 12.0. The molecule has 5 heteroatoms. The highest BCUT2D eigenvalue weighted by atomic mass is 16.5. The Morgan fingerprint density at radius 3 is 2.44 bits per heavy atom. The lowest BCUT2D eigenvalue weighted by molar-refractivity contribution is -0.147. The normalized spacial score (nSPS) is 11.7. The molecule has 1 N–H and O–H groups in total. The van der Waals surface area contributed by atoms with E-state index in [2.05, 4.69) is 0 Å². The summed E-state index contributed by atoms with van der Waals surface area (Å²) in [6.07, 6.45) is -0.702. The lowest BCUT2D eigenvalue weighted by Gasteiger charge is -2.23. The van der Waals surface area contributed by atoms with Gasteiger partial charge < -0.3 is 14.7 Å². The van der Waals surface area contributed by atoms with E-state index in [1.54, 1.807) is 38.1 Å². The first-order valence-electron chi connectivity index (χ1n) is 5.77. The molecule has 0 heterocycles. The number of carboxylic acids is 1. The number of benzene rings is 1. The second kappa shape index (κ2) is 6.64. The van der Waals surface area contributed by atoms with E-state index in [0.29, 0.717) is 12.3 Å². The Labute approximate surface area is 106 Å². The fourth-order valence-corrected chi connectivity index (χ4v) is 1.52. The van der Waals surface area contributed by atoms with Gasteiger partial charge in [-0.15, -0.1) is 0 Å². The number of aliphatic carboxylic acids is 1. The molecule has 1 unspecified atom stereocenters. The van der Waals surface area contributed by atoms with Crippen molar-refractivity contribution in [1.29, 1.82) is 0 Å². The van der Waals surface area contributed by atoms with Gasteiger partial charge in [0.15, 0.2) is 6.10 Å². The molecule has 0 fully saturated rings. The zero-order valence-electron chi connectivity index (χ0n) is 10.5. The number of likely N-dealkylation sites (N-methyl/N-ethyl adjacent to an activating group) is 1. The largest absolute Gasteiger partial charge is 0.481 e. The highest BCUT2D eigenvalue weighted by molar-refractivity contribution is 5.84. The Kier molecular flexibility index (Phi) is 5.17. The summed E-state index contributed by atoms with van der Waals surface area (Å²) in [7, 11) is 0. The second-order valence-electron chi connectivity index (χ2n) is 3.82. The molecule has 5 nitrogen and oxygen atoms in total. The van der Waals surface area contributed by atoms with Crippen molar-refractivity contribution < 1.29 is 19.4 Å². The van der Waals surface area contributed by atoms with Gasteiger partial charge in [0.2, 0.25) is 0 Å². The minimum atomic E-state index is -1.03. The first-order valence-corrected chi connectivity index (χ1v) is 5.77. The van der Waals surface area contributed by atoms with Crippen LogP contribution in [-0.2, 0) is 9.59 Å². The fourth-order valence-electron chi connectivity index (χ4n) is 1.52. The number of carbonyl (C=O) groups excluding carboxylic acids is 1. The number of amides is 1. The Bertz CT molecular complexity index is 405. The molecule has 1 aromatic rings.